The Morgan fingerprint density at radius 1 is 1.07 bits per heavy atom. The summed E-state index contributed by atoms with van der Waals surface area (Å²) in [5.74, 6) is 0.382. The van der Waals surface area contributed by atoms with E-state index >= 15 is 0 Å². The lowest BCUT2D eigenvalue weighted by Crippen LogP contribution is -2.29. The van der Waals surface area contributed by atoms with Gasteiger partial charge in [-0.3, -0.25) is 4.79 Å². The van der Waals surface area contributed by atoms with Crippen LogP contribution in [0.3, 0.4) is 0 Å². The summed E-state index contributed by atoms with van der Waals surface area (Å²) in [6, 6.07) is 13.0. The van der Waals surface area contributed by atoms with Crippen molar-refractivity contribution in [2.75, 3.05) is 6.61 Å². The summed E-state index contributed by atoms with van der Waals surface area (Å²) in [5, 5.41) is 2.89. The number of amides is 1. The summed E-state index contributed by atoms with van der Waals surface area (Å²) in [7, 11) is 0. The molecule has 1 N–H and O–H groups in total. The zero-order valence-corrected chi connectivity index (χ0v) is 17.4. The van der Waals surface area contributed by atoms with E-state index in [4.69, 9.17) is 9.72 Å². The highest BCUT2D eigenvalue weighted by atomic mass is 16.5. The Bertz CT molecular complexity index is 1020. The number of imidazole rings is 1. The van der Waals surface area contributed by atoms with Crippen molar-refractivity contribution < 1.29 is 14.3 Å². The second-order valence-corrected chi connectivity index (χ2v) is 7.22. The third kappa shape index (κ3) is 4.47. The number of hydrogen-bond acceptors (Lipinski definition) is 4. The molecule has 1 amide bonds. The maximum atomic E-state index is 12.2. The van der Waals surface area contributed by atoms with E-state index in [0.29, 0.717) is 17.7 Å². The van der Waals surface area contributed by atoms with Crippen molar-refractivity contribution >= 4 is 22.9 Å². The minimum Gasteiger partial charge on any atom is -0.462 e. The predicted octanol–water partition coefficient (Wildman–Crippen LogP) is 4.43. The molecule has 0 aliphatic rings. The molecular formula is C23H27N3O3. The molecule has 0 bridgehead atoms. The molecule has 0 aliphatic heterocycles. The van der Waals surface area contributed by atoms with Crippen molar-refractivity contribution in [1.82, 2.24) is 14.9 Å². The number of benzene rings is 2. The molecule has 0 saturated heterocycles. The molecule has 0 spiro atoms. The lowest BCUT2D eigenvalue weighted by Gasteiger charge is -2.10. The van der Waals surface area contributed by atoms with E-state index in [1.807, 2.05) is 44.2 Å². The highest BCUT2D eigenvalue weighted by Gasteiger charge is 2.16. The van der Waals surface area contributed by atoms with Crippen LogP contribution >= 0.6 is 0 Å². The van der Waals surface area contributed by atoms with Gasteiger partial charge in [0.05, 0.1) is 23.2 Å². The SMILES string of the molecule is CCCn1c(-c2ccc(C(=O)NC(C)C)cc2)nc2cc(C(=O)OCC)ccc21. The van der Waals surface area contributed by atoms with Crippen LogP contribution < -0.4 is 5.32 Å². The molecule has 3 rings (SSSR count). The Morgan fingerprint density at radius 2 is 1.76 bits per heavy atom. The van der Waals surface area contributed by atoms with Gasteiger partial charge in [-0.15, -0.1) is 0 Å². The molecule has 1 aromatic heterocycles. The smallest absolute Gasteiger partial charge is 0.338 e. The summed E-state index contributed by atoms with van der Waals surface area (Å²) in [4.78, 5) is 29.0. The summed E-state index contributed by atoms with van der Waals surface area (Å²) in [5.41, 5.74) is 3.75. The van der Waals surface area contributed by atoms with Crippen LogP contribution in [0.25, 0.3) is 22.4 Å². The maximum Gasteiger partial charge on any atom is 0.338 e. The van der Waals surface area contributed by atoms with Gasteiger partial charge in [0.25, 0.3) is 5.91 Å². The standard InChI is InChI=1S/C23H27N3O3/c1-5-13-26-20-12-11-18(23(28)29-6-2)14-19(20)25-21(26)16-7-9-17(10-8-16)22(27)24-15(3)4/h7-12,14-15H,5-6,13H2,1-4H3,(H,24,27). The van der Waals surface area contributed by atoms with Gasteiger partial charge in [-0.2, -0.15) is 0 Å². The summed E-state index contributed by atoms with van der Waals surface area (Å²) < 4.78 is 7.24. The van der Waals surface area contributed by atoms with Gasteiger partial charge in [-0.25, -0.2) is 9.78 Å². The molecule has 152 valence electrons. The number of nitrogens with zero attached hydrogens (tertiary/aromatic N) is 2. The van der Waals surface area contributed by atoms with E-state index in [1.165, 1.54) is 0 Å². The minimum atomic E-state index is -0.346. The zero-order valence-electron chi connectivity index (χ0n) is 17.4. The Hall–Kier alpha value is -3.15. The quantitative estimate of drug-likeness (QED) is 0.603. The average Bonchev–Trinajstić information content (AvgIpc) is 3.06. The molecule has 0 unspecified atom stereocenters. The van der Waals surface area contributed by atoms with Crippen molar-refractivity contribution in [2.24, 2.45) is 0 Å². The van der Waals surface area contributed by atoms with E-state index in [2.05, 4.69) is 16.8 Å². The fraction of sp³-hybridized carbons (Fsp3) is 0.348. The van der Waals surface area contributed by atoms with Crippen LogP contribution in [0.15, 0.2) is 42.5 Å². The zero-order chi connectivity index (χ0) is 21.0. The highest BCUT2D eigenvalue weighted by molar-refractivity contribution is 5.96. The van der Waals surface area contributed by atoms with Crippen LogP contribution in [0.2, 0.25) is 0 Å². The topological polar surface area (TPSA) is 73.2 Å². The lowest BCUT2D eigenvalue weighted by molar-refractivity contribution is 0.0526. The third-order valence-corrected chi connectivity index (χ3v) is 4.53. The molecule has 2 aromatic carbocycles. The van der Waals surface area contributed by atoms with Crippen molar-refractivity contribution in [3.8, 4) is 11.4 Å². The predicted molar refractivity (Wildman–Crippen MR) is 114 cm³/mol. The number of carbonyl (C=O) groups excluding carboxylic acids is 2. The Balaban J connectivity index is 2.00. The highest BCUT2D eigenvalue weighted by Crippen LogP contribution is 2.26. The summed E-state index contributed by atoms with van der Waals surface area (Å²) in [6.45, 7) is 8.91. The number of carbonyl (C=O) groups is 2. The van der Waals surface area contributed by atoms with E-state index in [-0.39, 0.29) is 17.9 Å². The molecule has 6 nitrogen and oxygen atoms in total. The third-order valence-electron chi connectivity index (χ3n) is 4.53. The van der Waals surface area contributed by atoms with E-state index in [9.17, 15) is 9.59 Å². The molecule has 0 atom stereocenters. The fourth-order valence-electron chi connectivity index (χ4n) is 3.26. The lowest BCUT2D eigenvalue weighted by atomic mass is 10.1. The van der Waals surface area contributed by atoms with Crippen molar-refractivity contribution in [3.63, 3.8) is 0 Å². The number of rotatable bonds is 7. The van der Waals surface area contributed by atoms with Gasteiger partial charge in [-0.05, 0) is 57.5 Å². The van der Waals surface area contributed by atoms with Gasteiger partial charge in [-0.1, -0.05) is 19.1 Å². The second kappa shape index (κ2) is 8.90. The summed E-state index contributed by atoms with van der Waals surface area (Å²) >= 11 is 0. The molecular weight excluding hydrogens is 366 g/mol. The van der Waals surface area contributed by atoms with Crippen LogP contribution in [-0.4, -0.2) is 34.1 Å². The van der Waals surface area contributed by atoms with Gasteiger partial charge < -0.3 is 14.6 Å². The normalized spacial score (nSPS) is 11.1. The largest absolute Gasteiger partial charge is 0.462 e. The van der Waals surface area contributed by atoms with Crippen LogP contribution in [0.1, 0.15) is 54.8 Å². The average molecular weight is 393 g/mol. The number of nitrogens with one attached hydrogen (secondary N) is 1. The fourth-order valence-corrected chi connectivity index (χ4v) is 3.26. The number of aromatic nitrogens is 2. The first-order valence-corrected chi connectivity index (χ1v) is 10.0. The van der Waals surface area contributed by atoms with Crippen LogP contribution in [0, 0.1) is 0 Å². The van der Waals surface area contributed by atoms with Crippen LogP contribution in [0.5, 0.6) is 0 Å². The van der Waals surface area contributed by atoms with E-state index < -0.39 is 0 Å². The molecule has 3 aromatic rings. The summed E-state index contributed by atoms with van der Waals surface area (Å²) in [6.07, 6.45) is 0.951. The number of hydrogen-bond donors (Lipinski definition) is 1. The maximum absolute atomic E-state index is 12.2. The van der Waals surface area contributed by atoms with Gasteiger partial charge in [0.2, 0.25) is 0 Å². The van der Waals surface area contributed by atoms with Crippen LogP contribution in [0.4, 0.5) is 0 Å². The van der Waals surface area contributed by atoms with Gasteiger partial charge in [0.15, 0.2) is 0 Å². The van der Waals surface area contributed by atoms with Gasteiger partial charge in [0, 0.05) is 23.7 Å². The molecule has 6 heteroatoms. The minimum absolute atomic E-state index is 0.0875. The first kappa shape index (κ1) is 20.6. The van der Waals surface area contributed by atoms with Gasteiger partial charge in [0.1, 0.15) is 5.82 Å². The molecule has 29 heavy (non-hydrogen) atoms. The molecule has 0 saturated carbocycles. The Labute approximate surface area is 170 Å². The number of aryl methyl sites for hydroxylation is 1. The van der Waals surface area contributed by atoms with Crippen molar-refractivity contribution in [2.45, 2.75) is 46.7 Å². The first-order valence-electron chi connectivity index (χ1n) is 10.0. The number of ether oxygens (including phenoxy) is 1. The van der Waals surface area contributed by atoms with E-state index in [0.717, 1.165) is 35.4 Å². The van der Waals surface area contributed by atoms with Crippen molar-refractivity contribution in [3.05, 3.63) is 53.6 Å². The molecule has 1 heterocycles. The Kier molecular flexibility index (Phi) is 6.32. The second-order valence-electron chi connectivity index (χ2n) is 7.22. The first-order chi connectivity index (χ1) is 13.9. The Morgan fingerprint density at radius 3 is 2.38 bits per heavy atom. The molecule has 0 aliphatic carbocycles. The monoisotopic (exact) mass is 393 g/mol. The van der Waals surface area contributed by atoms with Crippen LogP contribution in [-0.2, 0) is 11.3 Å². The molecule has 0 radical (unpaired) electrons. The number of fused-ring (bicyclic) bond motifs is 1. The van der Waals surface area contributed by atoms with E-state index in [1.54, 1.807) is 19.1 Å². The van der Waals surface area contributed by atoms with Gasteiger partial charge >= 0.3 is 5.97 Å². The number of esters is 1. The van der Waals surface area contributed by atoms with Crippen molar-refractivity contribution in [1.29, 1.82) is 0 Å². The molecule has 0 fully saturated rings.